The van der Waals surface area contributed by atoms with Gasteiger partial charge in [0, 0.05) is 43.2 Å². The predicted octanol–water partition coefficient (Wildman–Crippen LogP) is 5.80. The molecule has 3 heterocycles. The van der Waals surface area contributed by atoms with Gasteiger partial charge in [0.2, 0.25) is 0 Å². The number of halogens is 1. The van der Waals surface area contributed by atoms with E-state index in [4.69, 9.17) is 21.7 Å². The molecule has 1 N–H and O–H groups in total. The minimum absolute atomic E-state index is 0.127. The molecule has 1 aliphatic rings. The molecule has 4 aromatic rings. The summed E-state index contributed by atoms with van der Waals surface area (Å²) in [6, 6.07) is 9.10. The Balaban J connectivity index is 1.66. The summed E-state index contributed by atoms with van der Waals surface area (Å²) in [6.07, 6.45) is 5.00. The van der Waals surface area contributed by atoms with Crippen LogP contribution in [0.25, 0.3) is 27.5 Å². The molecule has 0 saturated carbocycles. The van der Waals surface area contributed by atoms with Crippen LogP contribution >= 0.6 is 34.7 Å². The smallest absolute Gasteiger partial charge is 0.285 e. The van der Waals surface area contributed by atoms with Gasteiger partial charge in [-0.1, -0.05) is 41.6 Å². The third-order valence-corrected chi connectivity index (χ3v) is 7.73. The highest BCUT2D eigenvalue weighted by molar-refractivity contribution is 8.13. The molecular formula is C25H23ClN6O2S2. The average Bonchev–Trinajstić information content (AvgIpc) is 3.45. The fourth-order valence-electron chi connectivity index (χ4n) is 4.16. The molecule has 5 rings (SSSR count). The van der Waals surface area contributed by atoms with Crippen LogP contribution in [-0.4, -0.2) is 55.6 Å². The molecular weight excluding hydrogens is 516 g/mol. The lowest BCUT2D eigenvalue weighted by Crippen LogP contribution is -2.21. The summed E-state index contributed by atoms with van der Waals surface area (Å²) < 4.78 is 1.83. The van der Waals surface area contributed by atoms with Gasteiger partial charge >= 0.3 is 0 Å². The maximum atomic E-state index is 12.5. The van der Waals surface area contributed by atoms with E-state index < -0.39 is 0 Å². The molecule has 36 heavy (non-hydrogen) atoms. The number of hydrogen-bond donors (Lipinski definition) is 1. The molecule has 0 radical (unpaired) electrons. The second-order valence-electron chi connectivity index (χ2n) is 8.34. The lowest BCUT2D eigenvalue weighted by Gasteiger charge is -2.16. The van der Waals surface area contributed by atoms with Gasteiger partial charge in [0.25, 0.3) is 11.1 Å². The van der Waals surface area contributed by atoms with Crippen LogP contribution < -0.4 is 5.32 Å². The molecule has 1 aromatic carbocycles. The Hall–Kier alpha value is -3.21. The summed E-state index contributed by atoms with van der Waals surface area (Å²) in [5.41, 5.74) is 5.77. The van der Waals surface area contributed by atoms with Gasteiger partial charge in [-0.15, -0.1) is 0 Å². The Bertz CT molecular complexity index is 1460. The van der Waals surface area contributed by atoms with Crippen molar-refractivity contribution >= 4 is 51.0 Å². The number of anilines is 1. The highest BCUT2D eigenvalue weighted by Gasteiger charge is 2.30. The summed E-state index contributed by atoms with van der Waals surface area (Å²) in [4.78, 5) is 36.1. The number of amides is 2. The van der Waals surface area contributed by atoms with Crippen LogP contribution in [0.1, 0.15) is 28.5 Å². The van der Waals surface area contributed by atoms with Gasteiger partial charge in [-0.25, -0.2) is 9.67 Å². The fourth-order valence-corrected chi connectivity index (χ4v) is 5.98. The Morgan fingerprint density at radius 3 is 2.78 bits per heavy atom. The number of nitrogens with zero attached hydrogens (tertiary/aromatic N) is 5. The molecule has 8 nitrogen and oxygen atoms in total. The van der Waals surface area contributed by atoms with Crippen LogP contribution in [0.3, 0.4) is 0 Å². The summed E-state index contributed by atoms with van der Waals surface area (Å²) >= 11 is 9.37. The van der Waals surface area contributed by atoms with Crippen LogP contribution in [0.2, 0.25) is 5.02 Å². The predicted molar refractivity (Wildman–Crippen MR) is 145 cm³/mol. The van der Waals surface area contributed by atoms with E-state index in [0.717, 1.165) is 45.9 Å². The van der Waals surface area contributed by atoms with Crippen LogP contribution in [0.4, 0.5) is 9.93 Å². The van der Waals surface area contributed by atoms with Gasteiger partial charge in [0.05, 0.1) is 32.7 Å². The van der Waals surface area contributed by atoms with E-state index in [2.05, 4.69) is 10.3 Å². The largest absolute Gasteiger partial charge is 0.345 e. The highest BCUT2D eigenvalue weighted by atomic mass is 35.5. The third-order valence-electron chi connectivity index (χ3n) is 5.76. The number of carbonyl (C=O) groups excluding carboxylic acids is 2. The topological polar surface area (TPSA) is 93.0 Å². The van der Waals surface area contributed by atoms with Crippen molar-refractivity contribution in [3.63, 3.8) is 0 Å². The van der Waals surface area contributed by atoms with Crippen molar-refractivity contribution in [2.24, 2.45) is 0 Å². The minimum atomic E-state index is -0.128. The van der Waals surface area contributed by atoms with Gasteiger partial charge in [0.15, 0.2) is 5.13 Å². The molecule has 184 valence electrons. The van der Waals surface area contributed by atoms with Gasteiger partial charge in [0.1, 0.15) is 0 Å². The van der Waals surface area contributed by atoms with Crippen LogP contribution in [0.5, 0.6) is 0 Å². The zero-order valence-electron chi connectivity index (χ0n) is 19.9. The van der Waals surface area contributed by atoms with Gasteiger partial charge in [-0.05, 0) is 48.9 Å². The summed E-state index contributed by atoms with van der Waals surface area (Å²) in [7, 11) is 3.41. The number of nitrogens with one attached hydrogen (secondary N) is 1. The highest BCUT2D eigenvalue weighted by Crippen LogP contribution is 2.44. The number of thioether (sulfide) groups is 1. The number of thiazole rings is 1. The summed E-state index contributed by atoms with van der Waals surface area (Å²) in [5, 5.41) is 8.73. The molecule has 0 unspecified atom stereocenters. The molecule has 0 atom stereocenters. The monoisotopic (exact) mass is 538 g/mol. The van der Waals surface area contributed by atoms with Crippen molar-refractivity contribution in [2.75, 3.05) is 25.2 Å². The zero-order valence-corrected chi connectivity index (χ0v) is 22.3. The van der Waals surface area contributed by atoms with Crippen molar-refractivity contribution in [1.29, 1.82) is 0 Å². The van der Waals surface area contributed by atoms with Crippen molar-refractivity contribution in [3.05, 3.63) is 64.6 Å². The first-order valence-electron chi connectivity index (χ1n) is 11.3. The molecule has 0 fully saturated rings. The van der Waals surface area contributed by atoms with E-state index in [9.17, 15) is 9.59 Å². The number of rotatable bonds is 5. The fraction of sp³-hybridized carbons (Fsp3) is 0.240. The standard InChI is InChI=1S/C25H23ClN6O2S2/c1-4-35-25(34)29-24-28-18-9-8-16-20(15-6-5-11-27-13-15)30-32(21(16)22(18)36-24)19-10-7-14(12-17(19)26)23(33)31(2)3/h5-7,10-13H,4,8-9H2,1-3H3,(H,28,29,34). The van der Waals surface area contributed by atoms with E-state index in [1.54, 1.807) is 38.6 Å². The molecule has 1 aliphatic carbocycles. The number of aromatic nitrogens is 4. The molecule has 0 bridgehead atoms. The number of benzene rings is 1. The quantitative estimate of drug-likeness (QED) is 0.345. The number of aryl methyl sites for hydroxylation is 1. The van der Waals surface area contributed by atoms with Crippen molar-refractivity contribution in [3.8, 4) is 27.5 Å². The van der Waals surface area contributed by atoms with Gasteiger partial charge in [-0.2, -0.15) is 5.10 Å². The first kappa shape index (κ1) is 24.5. The second kappa shape index (κ2) is 10.0. The molecule has 11 heteroatoms. The lowest BCUT2D eigenvalue weighted by atomic mass is 9.95. The Morgan fingerprint density at radius 2 is 2.08 bits per heavy atom. The van der Waals surface area contributed by atoms with Crippen LogP contribution in [0, 0.1) is 0 Å². The normalized spacial score (nSPS) is 12.1. The zero-order chi connectivity index (χ0) is 25.4. The van der Waals surface area contributed by atoms with Crippen LogP contribution in [-0.2, 0) is 12.8 Å². The average molecular weight is 539 g/mol. The number of pyridine rings is 1. The van der Waals surface area contributed by atoms with Gasteiger partial charge in [-0.3, -0.25) is 19.9 Å². The maximum absolute atomic E-state index is 12.5. The Kier molecular flexibility index (Phi) is 6.83. The molecule has 0 aliphatic heterocycles. The van der Waals surface area contributed by atoms with E-state index in [-0.39, 0.29) is 11.1 Å². The van der Waals surface area contributed by atoms with Crippen molar-refractivity contribution in [2.45, 2.75) is 19.8 Å². The number of hydrogen-bond acceptors (Lipinski definition) is 7. The maximum Gasteiger partial charge on any atom is 0.285 e. The first-order valence-corrected chi connectivity index (χ1v) is 13.5. The third kappa shape index (κ3) is 4.52. The second-order valence-corrected chi connectivity index (χ2v) is 11.0. The van der Waals surface area contributed by atoms with E-state index >= 15 is 0 Å². The molecule has 0 saturated heterocycles. The van der Waals surface area contributed by atoms with E-state index in [1.807, 2.05) is 29.8 Å². The van der Waals surface area contributed by atoms with Crippen molar-refractivity contribution in [1.82, 2.24) is 24.6 Å². The number of carbonyl (C=O) groups is 2. The van der Waals surface area contributed by atoms with Crippen LogP contribution in [0.15, 0.2) is 42.7 Å². The van der Waals surface area contributed by atoms with E-state index in [1.165, 1.54) is 28.0 Å². The first-order chi connectivity index (χ1) is 17.4. The van der Waals surface area contributed by atoms with Gasteiger partial charge < -0.3 is 4.90 Å². The van der Waals surface area contributed by atoms with Crippen molar-refractivity contribution < 1.29 is 9.59 Å². The number of fused-ring (bicyclic) bond motifs is 3. The lowest BCUT2D eigenvalue weighted by molar-refractivity contribution is 0.0827. The summed E-state index contributed by atoms with van der Waals surface area (Å²) in [6.45, 7) is 1.93. The Labute approximate surface area is 221 Å². The molecule has 2 amide bonds. The minimum Gasteiger partial charge on any atom is -0.345 e. The molecule has 3 aromatic heterocycles. The Morgan fingerprint density at radius 1 is 1.25 bits per heavy atom. The summed E-state index contributed by atoms with van der Waals surface area (Å²) in [5.74, 6) is 0.560. The van der Waals surface area contributed by atoms with E-state index in [0.29, 0.717) is 27.2 Å². The SMILES string of the molecule is CCSC(=O)Nc1nc2c(s1)-c1c(c(-c3cccnc3)nn1-c1ccc(C(=O)N(C)C)cc1Cl)CC2. The molecule has 0 spiro atoms.